The number of nitrogens with one attached hydrogen (secondary N) is 1. The van der Waals surface area contributed by atoms with E-state index in [0.29, 0.717) is 11.5 Å². The van der Waals surface area contributed by atoms with E-state index in [1.807, 2.05) is 24.9 Å². The van der Waals surface area contributed by atoms with Crippen LogP contribution in [0.15, 0.2) is 12.3 Å². The first-order chi connectivity index (χ1) is 9.52. The van der Waals surface area contributed by atoms with Gasteiger partial charge in [-0.05, 0) is 37.7 Å². The van der Waals surface area contributed by atoms with E-state index in [2.05, 4.69) is 24.1 Å². The van der Waals surface area contributed by atoms with Crippen LogP contribution in [0.25, 0.3) is 0 Å². The normalized spacial score (nSPS) is 20.6. The molecule has 0 radical (unpaired) electrons. The summed E-state index contributed by atoms with van der Waals surface area (Å²) in [6.45, 7) is 8.02. The Morgan fingerprint density at radius 1 is 1.55 bits per heavy atom. The highest BCUT2D eigenvalue weighted by molar-refractivity contribution is 5.99. The van der Waals surface area contributed by atoms with Gasteiger partial charge >= 0.3 is 0 Å². The first-order valence-electron chi connectivity index (χ1n) is 7.49. The van der Waals surface area contributed by atoms with Crippen molar-refractivity contribution in [3.8, 4) is 0 Å². The molecule has 1 fully saturated rings. The molecule has 1 aromatic heterocycles. The molecule has 1 aliphatic carbocycles. The van der Waals surface area contributed by atoms with Crippen LogP contribution in [-0.4, -0.2) is 35.9 Å². The average molecular weight is 275 g/mol. The van der Waals surface area contributed by atoms with Crippen molar-refractivity contribution in [1.82, 2.24) is 9.88 Å². The molecular formula is C16H25N3O. The molecule has 2 unspecified atom stereocenters. The molecular weight excluding hydrogens is 250 g/mol. The maximum Gasteiger partial charge on any atom is 0.257 e. The van der Waals surface area contributed by atoms with E-state index in [0.717, 1.165) is 36.8 Å². The fourth-order valence-electron chi connectivity index (χ4n) is 2.43. The third-order valence-corrected chi connectivity index (χ3v) is 3.97. The lowest BCUT2D eigenvalue weighted by Crippen LogP contribution is -2.30. The second kappa shape index (κ2) is 6.25. The van der Waals surface area contributed by atoms with Crippen molar-refractivity contribution in [2.45, 2.75) is 33.6 Å². The summed E-state index contributed by atoms with van der Waals surface area (Å²) in [5.74, 6) is 1.50. The molecule has 0 saturated heterocycles. The largest absolute Gasteiger partial charge is 0.384 e. The monoisotopic (exact) mass is 275 g/mol. The van der Waals surface area contributed by atoms with Crippen LogP contribution in [0.2, 0.25) is 0 Å². The van der Waals surface area contributed by atoms with Gasteiger partial charge in [-0.15, -0.1) is 0 Å². The van der Waals surface area contributed by atoms with Crippen LogP contribution < -0.4 is 5.32 Å². The van der Waals surface area contributed by atoms with E-state index in [1.165, 1.54) is 6.42 Å². The van der Waals surface area contributed by atoms with E-state index in [1.54, 1.807) is 6.20 Å². The van der Waals surface area contributed by atoms with E-state index in [4.69, 9.17) is 0 Å². The van der Waals surface area contributed by atoms with Crippen molar-refractivity contribution in [3.05, 3.63) is 23.5 Å². The zero-order valence-electron chi connectivity index (χ0n) is 12.9. The smallest absolute Gasteiger partial charge is 0.257 e. The molecule has 1 aliphatic rings. The average Bonchev–Trinajstić information content (AvgIpc) is 3.11. The van der Waals surface area contributed by atoms with Crippen LogP contribution in [0, 0.1) is 18.8 Å². The summed E-state index contributed by atoms with van der Waals surface area (Å²) in [4.78, 5) is 18.7. The topological polar surface area (TPSA) is 45.2 Å². The second-order valence-electron chi connectivity index (χ2n) is 5.96. The minimum absolute atomic E-state index is 0.0650. The Morgan fingerprint density at radius 2 is 2.25 bits per heavy atom. The summed E-state index contributed by atoms with van der Waals surface area (Å²) < 4.78 is 0. The highest BCUT2D eigenvalue weighted by Gasteiger charge is 2.34. The molecule has 0 aliphatic heterocycles. The maximum atomic E-state index is 12.6. The molecule has 0 spiro atoms. The van der Waals surface area contributed by atoms with Crippen LogP contribution in [0.3, 0.4) is 0 Å². The van der Waals surface area contributed by atoms with Gasteiger partial charge in [-0.1, -0.05) is 13.8 Å². The molecule has 0 bridgehead atoms. The third kappa shape index (κ3) is 3.50. The van der Waals surface area contributed by atoms with Crippen LogP contribution in [0.4, 0.5) is 5.69 Å². The fraction of sp³-hybridized carbons (Fsp3) is 0.625. The summed E-state index contributed by atoms with van der Waals surface area (Å²) in [7, 11) is 1.89. The quantitative estimate of drug-likeness (QED) is 0.868. The second-order valence-corrected chi connectivity index (χ2v) is 5.96. The van der Waals surface area contributed by atoms with Crippen molar-refractivity contribution in [1.29, 1.82) is 0 Å². The van der Waals surface area contributed by atoms with Gasteiger partial charge in [0.1, 0.15) is 0 Å². The Labute approximate surface area is 121 Å². The number of nitrogens with zero attached hydrogens (tertiary/aromatic N) is 2. The molecule has 0 aromatic carbocycles. The molecule has 1 aromatic rings. The highest BCUT2D eigenvalue weighted by Crippen LogP contribution is 2.38. The molecule has 4 heteroatoms. The molecule has 2 rings (SSSR count). The van der Waals surface area contributed by atoms with Gasteiger partial charge in [0.15, 0.2) is 0 Å². The number of aryl methyl sites for hydroxylation is 1. The first-order valence-corrected chi connectivity index (χ1v) is 7.49. The van der Waals surface area contributed by atoms with Gasteiger partial charge in [0.25, 0.3) is 5.91 Å². The first kappa shape index (κ1) is 14.8. The summed E-state index contributed by atoms with van der Waals surface area (Å²) in [6.07, 6.45) is 3.97. The Bertz CT molecular complexity index is 487. The Kier molecular flexibility index (Phi) is 4.63. The number of hydrogen-bond donors (Lipinski definition) is 1. The van der Waals surface area contributed by atoms with Gasteiger partial charge in [0.2, 0.25) is 0 Å². The zero-order chi connectivity index (χ0) is 14.7. The van der Waals surface area contributed by atoms with Gasteiger partial charge in [0.05, 0.1) is 11.3 Å². The van der Waals surface area contributed by atoms with E-state index >= 15 is 0 Å². The van der Waals surface area contributed by atoms with Gasteiger partial charge in [-0.3, -0.25) is 9.78 Å². The predicted octanol–water partition coefficient (Wildman–Crippen LogP) is 2.94. The van der Waals surface area contributed by atoms with Crippen molar-refractivity contribution in [2.24, 2.45) is 11.8 Å². The van der Waals surface area contributed by atoms with Gasteiger partial charge in [-0.25, -0.2) is 0 Å². The number of carbonyl (C=O) groups excluding carboxylic acids is 1. The lowest BCUT2D eigenvalue weighted by molar-refractivity contribution is 0.0787. The Balaban J connectivity index is 2.10. The number of anilines is 1. The lowest BCUT2D eigenvalue weighted by Gasteiger charge is -2.19. The third-order valence-electron chi connectivity index (χ3n) is 3.97. The Morgan fingerprint density at radius 3 is 2.85 bits per heavy atom. The van der Waals surface area contributed by atoms with E-state index in [9.17, 15) is 4.79 Å². The number of amides is 1. The molecule has 4 nitrogen and oxygen atoms in total. The minimum Gasteiger partial charge on any atom is -0.384 e. The van der Waals surface area contributed by atoms with Crippen LogP contribution in [0.1, 0.15) is 42.7 Å². The minimum atomic E-state index is 0.0650. The fourth-order valence-corrected chi connectivity index (χ4v) is 2.43. The lowest BCUT2D eigenvalue weighted by atomic mass is 10.1. The molecule has 20 heavy (non-hydrogen) atoms. The summed E-state index contributed by atoms with van der Waals surface area (Å²) >= 11 is 0. The van der Waals surface area contributed by atoms with Crippen molar-refractivity contribution in [2.75, 3.05) is 25.5 Å². The van der Waals surface area contributed by atoms with Gasteiger partial charge in [-0.2, -0.15) is 0 Å². The molecule has 1 heterocycles. The number of pyridine rings is 1. The zero-order valence-corrected chi connectivity index (χ0v) is 12.9. The number of hydrogen-bond acceptors (Lipinski definition) is 3. The standard InChI is InChI=1S/C16H25N3O/c1-5-6-17-15-8-12(3)18-9-14(15)16(20)19(4)10-13-7-11(13)2/h8-9,11,13H,5-7,10H2,1-4H3,(H,17,18). The van der Waals surface area contributed by atoms with Crippen molar-refractivity contribution in [3.63, 3.8) is 0 Å². The SMILES string of the molecule is CCCNc1cc(C)ncc1C(=O)N(C)CC1CC1C. The summed E-state index contributed by atoms with van der Waals surface area (Å²) in [6, 6.07) is 1.95. The number of rotatable bonds is 6. The van der Waals surface area contributed by atoms with Crippen molar-refractivity contribution < 1.29 is 4.79 Å². The molecule has 1 amide bonds. The van der Waals surface area contributed by atoms with Gasteiger partial charge < -0.3 is 10.2 Å². The van der Waals surface area contributed by atoms with Crippen LogP contribution in [0.5, 0.6) is 0 Å². The van der Waals surface area contributed by atoms with Crippen LogP contribution in [-0.2, 0) is 0 Å². The number of carbonyl (C=O) groups is 1. The number of aromatic nitrogens is 1. The van der Waals surface area contributed by atoms with E-state index < -0.39 is 0 Å². The van der Waals surface area contributed by atoms with E-state index in [-0.39, 0.29) is 5.91 Å². The Hall–Kier alpha value is -1.58. The predicted molar refractivity (Wildman–Crippen MR) is 82.0 cm³/mol. The highest BCUT2D eigenvalue weighted by atomic mass is 16.2. The molecule has 2 atom stereocenters. The van der Waals surface area contributed by atoms with Gasteiger partial charge in [0, 0.05) is 32.0 Å². The van der Waals surface area contributed by atoms with Crippen molar-refractivity contribution >= 4 is 11.6 Å². The molecule has 1 N–H and O–H groups in total. The maximum absolute atomic E-state index is 12.6. The summed E-state index contributed by atoms with van der Waals surface area (Å²) in [5, 5.41) is 3.33. The van der Waals surface area contributed by atoms with Crippen LogP contribution >= 0.6 is 0 Å². The molecule has 1 saturated carbocycles. The summed E-state index contributed by atoms with van der Waals surface area (Å²) in [5.41, 5.74) is 2.51. The molecule has 110 valence electrons.